The predicted molar refractivity (Wildman–Crippen MR) is 131 cm³/mol. The van der Waals surface area contributed by atoms with Gasteiger partial charge in [-0.15, -0.1) is 0 Å². The lowest BCUT2D eigenvalue weighted by molar-refractivity contribution is 0.0815. The van der Waals surface area contributed by atoms with Crippen molar-refractivity contribution >= 4 is 16.8 Å². The highest BCUT2D eigenvalue weighted by Crippen LogP contribution is 2.37. The Kier molecular flexibility index (Phi) is 6.41. The molecule has 0 unspecified atom stereocenters. The molecular weight excluding hydrogens is 432 g/mol. The van der Waals surface area contributed by atoms with E-state index in [1.165, 1.54) is 7.11 Å². The summed E-state index contributed by atoms with van der Waals surface area (Å²) >= 11 is 0. The predicted octanol–water partition coefficient (Wildman–Crippen LogP) is 5.74. The normalized spacial score (nSPS) is 11.8. The van der Waals surface area contributed by atoms with Gasteiger partial charge in [0, 0.05) is 11.1 Å². The molecule has 0 amide bonds. The number of carbonyl (C=O) groups is 1. The van der Waals surface area contributed by atoms with E-state index in [-0.39, 0.29) is 22.7 Å². The lowest BCUT2D eigenvalue weighted by Crippen LogP contribution is -2.27. The van der Waals surface area contributed by atoms with Crippen LogP contribution in [0.3, 0.4) is 0 Å². The van der Waals surface area contributed by atoms with Crippen molar-refractivity contribution in [2.75, 3.05) is 14.2 Å². The van der Waals surface area contributed by atoms with Gasteiger partial charge in [-0.1, -0.05) is 36.4 Å². The molecule has 1 aromatic heterocycles. The van der Waals surface area contributed by atoms with E-state index in [2.05, 4.69) is 0 Å². The van der Waals surface area contributed by atoms with Crippen LogP contribution in [0.4, 0.5) is 0 Å². The highest BCUT2D eigenvalue weighted by Gasteiger charge is 2.25. The number of ketones is 1. The average Bonchev–Trinajstić information content (AvgIpc) is 2.84. The van der Waals surface area contributed by atoms with Gasteiger partial charge < -0.3 is 18.6 Å². The first-order chi connectivity index (χ1) is 16.3. The van der Waals surface area contributed by atoms with Crippen LogP contribution >= 0.6 is 0 Å². The number of rotatable bonds is 7. The Labute approximate surface area is 197 Å². The number of hydrogen-bond donors (Lipinski definition) is 0. The molecule has 0 aliphatic rings. The largest absolute Gasteiger partial charge is 0.493 e. The minimum Gasteiger partial charge on any atom is -0.493 e. The summed E-state index contributed by atoms with van der Waals surface area (Å²) in [7, 11) is 3.08. The van der Waals surface area contributed by atoms with Crippen LogP contribution in [-0.4, -0.2) is 26.1 Å². The van der Waals surface area contributed by atoms with Crippen LogP contribution < -0.4 is 19.6 Å². The monoisotopic (exact) mass is 458 g/mol. The van der Waals surface area contributed by atoms with E-state index in [1.54, 1.807) is 56.5 Å². The van der Waals surface area contributed by atoms with Crippen LogP contribution in [0.5, 0.6) is 17.2 Å². The van der Waals surface area contributed by atoms with Gasteiger partial charge in [-0.25, -0.2) is 0 Å². The highest BCUT2D eigenvalue weighted by molar-refractivity contribution is 5.99. The number of methoxy groups -OCH3 is 2. The molecule has 1 heterocycles. The molecular formula is C28H26O6. The fraction of sp³-hybridized carbons (Fsp3) is 0.214. The second-order valence-corrected chi connectivity index (χ2v) is 8.10. The summed E-state index contributed by atoms with van der Waals surface area (Å²) < 4.78 is 23.1. The molecule has 0 spiro atoms. The Bertz CT molecular complexity index is 1420. The number of benzene rings is 3. The summed E-state index contributed by atoms with van der Waals surface area (Å²) in [5.41, 5.74) is 2.91. The van der Waals surface area contributed by atoms with Gasteiger partial charge in [0.1, 0.15) is 5.58 Å². The van der Waals surface area contributed by atoms with E-state index in [4.69, 9.17) is 18.6 Å². The lowest BCUT2D eigenvalue weighted by atomic mass is 10.0. The van der Waals surface area contributed by atoms with Crippen molar-refractivity contribution in [2.24, 2.45) is 0 Å². The minimum atomic E-state index is -0.910. The van der Waals surface area contributed by atoms with Gasteiger partial charge in [0.05, 0.1) is 19.6 Å². The summed E-state index contributed by atoms with van der Waals surface area (Å²) in [6.45, 7) is 5.41. The first kappa shape index (κ1) is 23.1. The zero-order valence-corrected chi connectivity index (χ0v) is 19.8. The van der Waals surface area contributed by atoms with Crippen molar-refractivity contribution in [1.29, 1.82) is 0 Å². The summed E-state index contributed by atoms with van der Waals surface area (Å²) in [5.74, 6) is 0.970. The van der Waals surface area contributed by atoms with Crippen molar-refractivity contribution in [3.63, 3.8) is 0 Å². The quantitative estimate of drug-likeness (QED) is 0.329. The molecule has 0 saturated carbocycles. The second kappa shape index (κ2) is 9.43. The van der Waals surface area contributed by atoms with Crippen LogP contribution in [0.25, 0.3) is 22.3 Å². The number of hydrogen-bond acceptors (Lipinski definition) is 6. The maximum atomic E-state index is 13.7. The summed E-state index contributed by atoms with van der Waals surface area (Å²) in [6, 6.07) is 17.7. The highest BCUT2D eigenvalue weighted by atomic mass is 16.5. The fourth-order valence-corrected chi connectivity index (χ4v) is 4.01. The second-order valence-electron chi connectivity index (χ2n) is 8.10. The van der Waals surface area contributed by atoms with Gasteiger partial charge in [0.15, 0.2) is 23.4 Å². The molecule has 0 saturated heterocycles. The number of ether oxygens (including phenoxy) is 3. The minimum absolute atomic E-state index is 0.0246. The van der Waals surface area contributed by atoms with E-state index < -0.39 is 6.10 Å². The SMILES string of the molecule is COc1ccc(-c2oc3cc(C)cc(C)c3c(=O)c2O[C@H](C)C(=O)c2ccccc2)cc1OC. The zero-order chi connectivity index (χ0) is 24.4. The summed E-state index contributed by atoms with van der Waals surface area (Å²) in [6.07, 6.45) is -0.910. The third kappa shape index (κ3) is 4.27. The molecule has 6 heteroatoms. The molecule has 0 aliphatic carbocycles. The fourth-order valence-electron chi connectivity index (χ4n) is 4.01. The third-order valence-electron chi connectivity index (χ3n) is 5.66. The van der Waals surface area contributed by atoms with Gasteiger partial charge in [0.2, 0.25) is 17.0 Å². The maximum Gasteiger partial charge on any atom is 0.235 e. The summed E-state index contributed by atoms with van der Waals surface area (Å²) in [5, 5.41) is 0.421. The number of carbonyl (C=O) groups excluding carboxylic acids is 1. The molecule has 6 nitrogen and oxygen atoms in total. The smallest absolute Gasteiger partial charge is 0.235 e. The van der Waals surface area contributed by atoms with E-state index in [0.29, 0.717) is 33.6 Å². The van der Waals surface area contributed by atoms with E-state index in [1.807, 2.05) is 32.0 Å². The number of Topliss-reactive ketones (excluding diaryl/α,β-unsaturated/α-hetero) is 1. The molecule has 0 bridgehead atoms. The van der Waals surface area contributed by atoms with Crippen molar-refractivity contribution < 1.29 is 23.4 Å². The molecule has 0 N–H and O–H groups in total. The van der Waals surface area contributed by atoms with Crippen molar-refractivity contribution in [3.05, 3.63) is 87.6 Å². The Morgan fingerprint density at radius 3 is 2.29 bits per heavy atom. The third-order valence-corrected chi connectivity index (χ3v) is 5.66. The van der Waals surface area contributed by atoms with Gasteiger partial charge in [-0.2, -0.15) is 0 Å². The topological polar surface area (TPSA) is 75.0 Å². The Morgan fingerprint density at radius 2 is 1.62 bits per heavy atom. The first-order valence-electron chi connectivity index (χ1n) is 10.9. The molecule has 4 aromatic rings. The maximum absolute atomic E-state index is 13.7. The van der Waals surface area contributed by atoms with Crippen LogP contribution in [0.2, 0.25) is 0 Å². The molecule has 34 heavy (non-hydrogen) atoms. The average molecular weight is 459 g/mol. The molecule has 0 aliphatic heterocycles. The lowest BCUT2D eigenvalue weighted by Gasteiger charge is -2.18. The molecule has 174 valence electrons. The Balaban J connectivity index is 1.91. The van der Waals surface area contributed by atoms with Crippen LogP contribution in [0, 0.1) is 13.8 Å². The van der Waals surface area contributed by atoms with Gasteiger partial charge in [0.25, 0.3) is 0 Å². The summed E-state index contributed by atoms with van der Waals surface area (Å²) in [4.78, 5) is 26.6. The van der Waals surface area contributed by atoms with Crippen molar-refractivity contribution in [3.8, 4) is 28.6 Å². The first-order valence-corrected chi connectivity index (χ1v) is 10.9. The van der Waals surface area contributed by atoms with Crippen molar-refractivity contribution in [2.45, 2.75) is 26.9 Å². The van der Waals surface area contributed by atoms with Gasteiger partial charge >= 0.3 is 0 Å². The van der Waals surface area contributed by atoms with Gasteiger partial charge in [-0.3, -0.25) is 9.59 Å². The molecule has 3 aromatic carbocycles. The van der Waals surface area contributed by atoms with E-state index >= 15 is 0 Å². The molecule has 1 atom stereocenters. The van der Waals surface area contributed by atoms with Crippen LogP contribution in [0.15, 0.2) is 69.9 Å². The van der Waals surface area contributed by atoms with Crippen molar-refractivity contribution in [1.82, 2.24) is 0 Å². The Morgan fingerprint density at radius 1 is 0.912 bits per heavy atom. The van der Waals surface area contributed by atoms with Gasteiger partial charge in [-0.05, 0) is 56.2 Å². The van der Waals surface area contributed by atoms with E-state index in [0.717, 1.165) is 11.1 Å². The zero-order valence-electron chi connectivity index (χ0n) is 19.8. The standard InChI is InChI=1S/C28H26O6/c1-16-13-17(2)24-23(14-16)34-27(20-11-12-21(31-4)22(15-20)32-5)28(26(24)30)33-18(3)25(29)19-9-7-6-8-10-19/h6-15,18H,1-5H3/t18-/m1/s1. The number of aryl methyl sites for hydroxylation is 2. The Hall–Kier alpha value is -4.06. The molecule has 0 fully saturated rings. The van der Waals surface area contributed by atoms with Crippen LogP contribution in [-0.2, 0) is 0 Å². The molecule has 4 rings (SSSR count). The van der Waals surface area contributed by atoms with E-state index in [9.17, 15) is 9.59 Å². The number of fused-ring (bicyclic) bond motifs is 1. The molecule has 0 radical (unpaired) electrons. The van der Waals surface area contributed by atoms with Crippen LogP contribution in [0.1, 0.15) is 28.4 Å².